The van der Waals surface area contributed by atoms with E-state index in [1.165, 1.54) is 12.8 Å². The third kappa shape index (κ3) is 5.84. The van der Waals surface area contributed by atoms with E-state index in [1.807, 2.05) is 6.08 Å². The normalized spacial score (nSPS) is 12.5. The van der Waals surface area contributed by atoms with E-state index in [4.69, 9.17) is 0 Å². The summed E-state index contributed by atoms with van der Waals surface area (Å²) in [6.07, 6.45) is 8.19. The van der Waals surface area contributed by atoms with Crippen LogP contribution in [-0.4, -0.2) is 6.29 Å². The minimum Gasteiger partial charge on any atom is -0.303 e. The van der Waals surface area contributed by atoms with E-state index in [0.717, 1.165) is 25.5 Å². The van der Waals surface area contributed by atoms with Crippen LogP contribution in [0.25, 0.3) is 0 Å². The molecule has 0 aromatic carbocycles. The molecule has 0 rings (SSSR count). The van der Waals surface area contributed by atoms with Gasteiger partial charge in [0.1, 0.15) is 6.29 Å². The van der Waals surface area contributed by atoms with Gasteiger partial charge in [0.2, 0.25) is 0 Å². The molecule has 0 aromatic heterocycles. The summed E-state index contributed by atoms with van der Waals surface area (Å²) in [6, 6.07) is 0. The lowest BCUT2D eigenvalue weighted by atomic mass is 9.95. The van der Waals surface area contributed by atoms with E-state index in [2.05, 4.69) is 13.5 Å². The fourth-order valence-corrected chi connectivity index (χ4v) is 1.28. The standard InChI is InChI=1S/C10H18O/c1-3-5-7-10(6-4-2)8-9-11/h3,9-10H,1,4-8H2,2H3. The molecule has 0 N–H and O–H groups in total. The average molecular weight is 154 g/mol. The lowest BCUT2D eigenvalue weighted by Crippen LogP contribution is -1.99. The van der Waals surface area contributed by atoms with Crippen molar-refractivity contribution in [3.63, 3.8) is 0 Å². The number of rotatable bonds is 7. The zero-order valence-corrected chi connectivity index (χ0v) is 7.38. The first kappa shape index (κ1) is 10.4. The lowest BCUT2D eigenvalue weighted by Gasteiger charge is -2.10. The van der Waals surface area contributed by atoms with Crippen molar-refractivity contribution in [3.8, 4) is 0 Å². The lowest BCUT2D eigenvalue weighted by molar-refractivity contribution is -0.108. The second-order valence-electron chi connectivity index (χ2n) is 2.92. The molecule has 1 heteroatoms. The third-order valence-electron chi connectivity index (χ3n) is 1.91. The summed E-state index contributed by atoms with van der Waals surface area (Å²) in [6.45, 7) is 5.82. The highest BCUT2D eigenvalue weighted by Crippen LogP contribution is 2.16. The van der Waals surface area contributed by atoms with Crippen LogP contribution in [0, 0.1) is 5.92 Å². The van der Waals surface area contributed by atoms with Crippen molar-refractivity contribution in [2.45, 2.75) is 39.0 Å². The SMILES string of the molecule is C=CCCC(CC=O)CCC. The first-order valence-corrected chi connectivity index (χ1v) is 4.39. The molecule has 0 aliphatic carbocycles. The van der Waals surface area contributed by atoms with Gasteiger partial charge in [0, 0.05) is 6.42 Å². The van der Waals surface area contributed by atoms with Gasteiger partial charge >= 0.3 is 0 Å². The molecule has 1 unspecified atom stereocenters. The molecule has 0 aromatic rings. The van der Waals surface area contributed by atoms with E-state index in [0.29, 0.717) is 5.92 Å². The molecule has 0 radical (unpaired) electrons. The Labute approximate surface area is 69.5 Å². The van der Waals surface area contributed by atoms with Crippen LogP contribution in [0.1, 0.15) is 39.0 Å². The molecule has 0 saturated carbocycles. The molecule has 0 aliphatic rings. The second kappa shape index (κ2) is 7.52. The first-order valence-electron chi connectivity index (χ1n) is 4.39. The smallest absolute Gasteiger partial charge is 0.120 e. The van der Waals surface area contributed by atoms with Gasteiger partial charge in [-0.05, 0) is 18.8 Å². The molecule has 0 aliphatic heterocycles. The molecular formula is C10H18O. The van der Waals surface area contributed by atoms with Crippen molar-refractivity contribution in [3.05, 3.63) is 12.7 Å². The maximum absolute atomic E-state index is 10.2. The van der Waals surface area contributed by atoms with E-state index in [-0.39, 0.29) is 0 Å². The Morgan fingerprint density at radius 3 is 2.64 bits per heavy atom. The highest BCUT2D eigenvalue weighted by molar-refractivity contribution is 5.49. The van der Waals surface area contributed by atoms with Gasteiger partial charge in [0.05, 0.1) is 0 Å². The van der Waals surface area contributed by atoms with Gasteiger partial charge in [-0.2, -0.15) is 0 Å². The summed E-state index contributed by atoms with van der Waals surface area (Å²) in [7, 11) is 0. The van der Waals surface area contributed by atoms with E-state index >= 15 is 0 Å². The van der Waals surface area contributed by atoms with Crippen molar-refractivity contribution in [2.24, 2.45) is 5.92 Å². The van der Waals surface area contributed by atoms with Crippen molar-refractivity contribution in [2.75, 3.05) is 0 Å². The van der Waals surface area contributed by atoms with Gasteiger partial charge in [-0.1, -0.05) is 25.8 Å². The minimum absolute atomic E-state index is 0.593. The monoisotopic (exact) mass is 154 g/mol. The van der Waals surface area contributed by atoms with Crippen molar-refractivity contribution in [1.29, 1.82) is 0 Å². The highest BCUT2D eigenvalue weighted by atomic mass is 16.1. The highest BCUT2D eigenvalue weighted by Gasteiger charge is 2.04. The topological polar surface area (TPSA) is 17.1 Å². The zero-order valence-electron chi connectivity index (χ0n) is 7.38. The van der Waals surface area contributed by atoms with Crippen LogP contribution in [0.5, 0.6) is 0 Å². The number of allylic oxidation sites excluding steroid dienone is 1. The molecule has 0 spiro atoms. The number of hydrogen-bond donors (Lipinski definition) is 0. The van der Waals surface area contributed by atoms with Gasteiger partial charge in [0.15, 0.2) is 0 Å². The Balaban J connectivity index is 3.49. The molecule has 64 valence electrons. The summed E-state index contributed by atoms with van der Waals surface area (Å²) >= 11 is 0. The fourth-order valence-electron chi connectivity index (χ4n) is 1.28. The van der Waals surface area contributed by atoms with Crippen LogP contribution in [0.15, 0.2) is 12.7 Å². The molecule has 0 bridgehead atoms. The molecule has 0 amide bonds. The second-order valence-corrected chi connectivity index (χ2v) is 2.92. The van der Waals surface area contributed by atoms with Crippen LogP contribution < -0.4 is 0 Å². The van der Waals surface area contributed by atoms with Crippen LogP contribution in [-0.2, 0) is 4.79 Å². The summed E-state index contributed by atoms with van der Waals surface area (Å²) in [4.78, 5) is 10.2. The van der Waals surface area contributed by atoms with Gasteiger partial charge in [-0.25, -0.2) is 0 Å². The summed E-state index contributed by atoms with van der Waals surface area (Å²) in [5.74, 6) is 0.593. The van der Waals surface area contributed by atoms with E-state index in [9.17, 15) is 4.79 Å². The van der Waals surface area contributed by atoms with Crippen LogP contribution in [0.4, 0.5) is 0 Å². The number of carbonyl (C=O) groups excluding carboxylic acids is 1. The maximum atomic E-state index is 10.2. The Morgan fingerprint density at radius 1 is 1.45 bits per heavy atom. The van der Waals surface area contributed by atoms with Crippen LogP contribution >= 0.6 is 0 Å². The van der Waals surface area contributed by atoms with E-state index in [1.54, 1.807) is 0 Å². The fraction of sp³-hybridized carbons (Fsp3) is 0.700. The molecule has 11 heavy (non-hydrogen) atoms. The summed E-state index contributed by atoms with van der Waals surface area (Å²) in [5.41, 5.74) is 0. The Bertz CT molecular complexity index is 107. The van der Waals surface area contributed by atoms with Gasteiger partial charge in [-0.15, -0.1) is 6.58 Å². The minimum atomic E-state index is 0.593. The molecule has 0 fully saturated rings. The average Bonchev–Trinajstić information content (AvgIpc) is 2.01. The van der Waals surface area contributed by atoms with Gasteiger partial charge in [-0.3, -0.25) is 0 Å². The van der Waals surface area contributed by atoms with Crippen LogP contribution in [0.2, 0.25) is 0 Å². The van der Waals surface area contributed by atoms with Crippen molar-refractivity contribution in [1.82, 2.24) is 0 Å². The first-order chi connectivity index (χ1) is 5.35. The van der Waals surface area contributed by atoms with Gasteiger partial charge in [0.25, 0.3) is 0 Å². The number of carbonyl (C=O) groups is 1. The predicted octanol–water partition coefficient (Wildman–Crippen LogP) is 2.96. The molecule has 0 heterocycles. The quantitative estimate of drug-likeness (QED) is 0.407. The number of aldehydes is 1. The largest absolute Gasteiger partial charge is 0.303 e. The van der Waals surface area contributed by atoms with Crippen molar-refractivity contribution < 1.29 is 4.79 Å². The van der Waals surface area contributed by atoms with E-state index < -0.39 is 0 Å². The third-order valence-corrected chi connectivity index (χ3v) is 1.91. The molecular weight excluding hydrogens is 136 g/mol. The predicted molar refractivity (Wildman–Crippen MR) is 48.5 cm³/mol. The number of hydrogen-bond acceptors (Lipinski definition) is 1. The van der Waals surface area contributed by atoms with Crippen LogP contribution in [0.3, 0.4) is 0 Å². The van der Waals surface area contributed by atoms with Crippen molar-refractivity contribution >= 4 is 6.29 Å². The molecule has 1 nitrogen and oxygen atoms in total. The Morgan fingerprint density at radius 2 is 2.18 bits per heavy atom. The zero-order chi connectivity index (χ0) is 8.53. The summed E-state index contributed by atoms with van der Waals surface area (Å²) < 4.78 is 0. The Hall–Kier alpha value is -0.590. The maximum Gasteiger partial charge on any atom is 0.120 e. The molecule has 1 atom stereocenters. The molecule has 0 saturated heterocycles. The van der Waals surface area contributed by atoms with Gasteiger partial charge < -0.3 is 4.79 Å². The Kier molecular flexibility index (Phi) is 7.11. The summed E-state index contributed by atoms with van der Waals surface area (Å²) in [5, 5.41) is 0.